The van der Waals surface area contributed by atoms with E-state index < -0.39 is 0 Å². The van der Waals surface area contributed by atoms with E-state index in [-0.39, 0.29) is 11.4 Å². The maximum absolute atomic E-state index is 11.5. The summed E-state index contributed by atoms with van der Waals surface area (Å²) in [6.45, 7) is 8.87. The quantitative estimate of drug-likeness (QED) is 0.794. The topological polar surface area (TPSA) is 80.0 Å². The molecule has 0 bridgehead atoms. The highest BCUT2D eigenvalue weighted by Gasteiger charge is 2.10. The van der Waals surface area contributed by atoms with Crippen molar-refractivity contribution >= 4 is 5.91 Å². The summed E-state index contributed by atoms with van der Waals surface area (Å²) in [5.41, 5.74) is 0.0328. The van der Waals surface area contributed by atoms with Crippen LogP contribution in [0.1, 0.15) is 38.9 Å². The predicted octanol–water partition coefficient (Wildman–Crippen LogP) is 0.772. The van der Waals surface area contributed by atoms with Gasteiger partial charge in [-0.1, -0.05) is 5.16 Å². The number of hydrogen-bond acceptors (Lipinski definition) is 5. The first kappa shape index (κ1) is 13.6. The van der Waals surface area contributed by atoms with Gasteiger partial charge in [0.15, 0.2) is 5.82 Å². The molecule has 0 atom stereocenters. The van der Waals surface area contributed by atoms with Crippen molar-refractivity contribution in [2.24, 2.45) is 0 Å². The van der Waals surface area contributed by atoms with Crippen LogP contribution in [-0.2, 0) is 11.3 Å². The van der Waals surface area contributed by atoms with Gasteiger partial charge < -0.3 is 15.2 Å². The Morgan fingerprint density at radius 2 is 2.12 bits per heavy atom. The number of aryl methyl sites for hydroxylation is 1. The molecule has 0 aliphatic carbocycles. The van der Waals surface area contributed by atoms with Crippen molar-refractivity contribution in [3.63, 3.8) is 0 Å². The van der Waals surface area contributed by atoms with Gasteiger partial charge in [-0.25, -0.2) is 0 Å². The highest BCUT2D eigenvalue weighted by Crippen LogP contribution is 1.98. The minimum absolute atomic E-state index is 0.0239. The van der Waals surface area contributed by atoms with Crippen LogP contribution in [0.4, 0.5) is 0 Å². The third kappa shape index (κ3) is 6.01. The monoisotopic (exact) mass is 240 g/mol. The molecule has 0 unspecified atom stereocenters. The van der Waals surface area contributed by atoms with Crippen LogP contribution in [0.3, 0.4) is 0 Å². The van der Waals surface area contributed by atoms with Gasteiger partial charge in [0.05, 0.1) is 6.54 Å². The van der Waals surface area contributed by atoms with Crippen LogP contribution in [0.5, 0.6) is 0 Å². The molecular formula is C11H20N4O2. The van der Waals surface area contributed by atoms with E-state index in [1.807, 2.05) is 0 Å². The molecule has 1 heterocycles. The maximum atomic E-state index is 11.5. The molecule has 0 aromatic carbocycles. The van der Waals surface area contributed by atoms with Gasteiger partial charge in [0.2, 0.25) is 11.8 Å². The van der Waals surface area contributed by atoms with E-state index in [0.717, 1.165) is 0 Å². The number of rotatable bonds is 5. The average Bonchev–Trinajstić information content (AvgIpc) is 2.59. The first-order valence-electron chi connectivity index (χ1n) is 5.68. The Hall–Kier alpha value is -1.43. The zero-order valence-electron chi connectivity index (χ0n) is 10.8. The number of hydrogen-bond donors (Lipinski definition) is 2. The Labute approximate surface area is 101 Å². The van der Waals surface area contributed by atoms with Crippen molar-refractivity contribution in [1.82, 2.24) is 20.8 Å². The van der Waals surface area contributed by atoms with Gasteiger partial charge in [-0.05, 0) is 20.8 Å². The third-order valence-electron chi connectivity index (χ3n) is 2.02. The fourth-order valence-corrected chi connectivity index (χ4v) is 1.23. The third-order valence-corrected chi connectivity index (χ3v) is 2.02. The Kier molecular flexibility index (Phi) is 4.62. The van der Waals surface area contributed by atoms with Crippen molar-refractivity contribution < 1.29 is 9.32 Å². The molecule has 1 aromatic rings. The maximum Gasteiger partial charge on any atom is 0.223 e. The summed E-state index contributed by atoms with van der Waals surface area (Å²) in [7, 11) is 0. The first-order valence-corrected chi connectivity index (χ1v) is 5.68. The van der Waals surface area contributed by atoms with Crippen LogP contribution >= 0.6 is 0 Å². The summed E-state index contributed by atoms with van der Waals surface area (Å²) in [6, 6.07) is 0. The minimum Gasteiger partial charge on any atom is -0.349 e. The van der Waals surface area contributed by atoms with E-state index >= 15 is 0 Å². The molecular weight excluding hydrogens is 220 g/mol. The van der Waals surface area contributed by atoms with Crippen LogP contribution in [0.2, 0.25) is 0 Å². The lowest BCUT2D eigenvalue weighted by molar-refractivity contribution is -0.121. The second kappa shape index (κ2) is 5.77. The zero-order chi connectivity index (χ0) is 12.9. The van der Waals surface area contributed by atoms with E-state index in [1.54, 1.807) is 6.92 Å². The second-order valence-electron chi connectivity index (χ2n) is 4.93. The molecule has 0 fully saturated rings. The van der Waals surface area contributed by atoms with Crippen molar-refractivity contribution in [3.05, 3.63) is 11.7 Å². The smallest absolute Gasteiger partial charge is 0.223 e. The largest absolute Gasteiger partial charge is 0.349 e. The van der Waals surface area contributed by atoms with E-state index in [1.165, 1.54) is 0 Å². The number of nitrogens with one attached hydrogen (secondary N) is 2. The summed E-state index contributed by atoms with van der Waals surface area (Å²) in [5.74, 6) is 0.979. The van der Waals surface area contributed by atoms with E-state index in [9.17, 15) is 4.79 Å². The zero-order valence-corrected chi connectivity index (χ0v) is 10.8. The minimum atomic E-state index is -0.0239. The first-order chi connectivity index (χ1) is 7.87. The van der Waals surface area contributed by atoms with Gasteiger partial charge in [-0.3, -0.25) is 4.79 Å². The number of carbonyl (C=O) groups is 1. The Balaban J connectivity index is 2.18. The van der Waals surface area contributed by atoms with Gasteiger partial charge in [0, 0.05) is 25.4 Å². The van der Waals surface area contributed by atoms with Crippen LogP contribution < -0.4 is 10.6 Å². The van der Waals surface area contributed by atoms with Gasteiger partial charge >= 0.3 is 0 Å². The lowest BCUT2D eigenvalue weighted by atomic mass is 10.1. The molecule has 2 N–H and O–H groups in total. The number of nitrogens with zero attached hydrogens (tertiary/aromatic N) is 2. The molecule has 17 heavy (non-hydrogen) atoms. The normalized spacial score (nSPS) is 11.5. The second-order valence-corrected chi connectivity index (χ2v) is 4.93. The molecule has 1 amide bonds. The molecule has 0 saturated carbocycles. The summed E-state index contributed by atoms with van der Waals surface area (Å²) < 4.78 is 4.80. The van der Waals surface area contributed by atoms with Crippen LogP contribution in [0, 0.1) is 6.92 Å². The highest BCUT2D eigenvalue weighted by molar-refractivity contribution is 5.75. The molecule has 1 rings (SSSR count). The average molecular weight is 240 g/mol. The van der Waals surface area contributed by atoms with Crippen LogP contribution in [-0.4, -0.2) is 28.1 Å². The summed E-state index contributed by atoms with van der Waals surface area (Å²) in [5, 5.41) is 9.67. The number of amides is 1. The SMILES string of the molecule is Cc1nc(CNC(=O)CCNC(C)(C)C)no1. The van der Waals surface area contributed by atoms with Gasteiger partial charge in [-0.2, -0.15) is 4.98 Å². The lowest BCUT2D eigenvalue weighted by Gasteiger charge is -2.20. The van der Waals surface area contributed by atoms with Crippen molar-refractivity contribution in [1.29, 1.82) is 0 Å². The Morgan fingerprint density at radius 3 is 2.65 bits per heavy atom. The molecule has 6 heteroatoms. The molecule has 1 aromatic heterocycles. The standard InChI is InChI=1S/C11H20N4O2/c1-8-14-9(15-17-8)7-12-10(16)5-6-13-11(2,3)4/h13H,5-7H2,1-4H3,(H,12,16). The summed E-state index contributed by atoms with van der Waals surface area (Å²) >= 11 is 0. The molecule has 0 spiro atoms. The molecule has 0 aliphatic heterocycles. The fourth-order valence-electron chi connectivity index (χ4n) is 1.23. The fraction of sp³-hybridized carbons (Fsp3) is 0.727. The molecule has 0 aliphatic rings. The van der Waals surface area contributed by atoms with E-state index in [4.69, 9.17) is 4.52 Å². The van der Waals surface area contributed by atoms with Crippen LogP contribution in [0.25, 0.3) is 0 Å². The Morgan fingerprint density at radius 1 is 1.41 bits per heavy atom. The van der Waals surface area contributed by atoms with Crippen LogP contribution in [0.15, 0.2) is 4.52 Å². The number of carbonyl (C=O) groups excluding carboxylic acids is 1. The van der Waals surface area contributed by atoms with Gasteiger partial charge in [-0.15, -0.1) is 0 Å². The molecule has 6 nitrogen and oxygen atoms in total. The van der Waals surface area contributed by atoms with Crippen molar-refractivity contribution in [3.8, 4) is 0 Å². The molecule has 96 valence electrons. The lowest BCUT2D eigenvalue weighted by Crippen LogP contribution is -2.38. The van der Waals surface area contributed by atoms with E-state index in [2.05, 4.69) is 41.5 Å². The number of aromatic nitrogens is 2. The van der Waals surface area contributed by atoms with Crippen molar-refractivity contribution in [2.45, 2.75) is 46.2 Å². The predicted molar refractivity (Wildman–Crippen MR) is 63.3 cm³/mol. The van der Waals surface area contributed by atoms with Gasteiger partial charge in [0.25, 0.3) is 0 Å². The van der Waals surface area contributed by atoms with Crippen molar-refractivity contribution in [2.75, 3.05) is 6.54 Å². The summed E-state index contributed by atoms with van der Waals surface area (Å²) in [4.78, 5) is 15.5. The molecule has 0 radical (unpaired) electrons. The summed E-state index contributed by atoms with van der Waals surface area (Å²) in [6.07, 6.45) is 0.439. The van der Waals surface area contributed by atoms with Gasteiger partial charge in [0.1, 0.15) is 0 Å². The molecule has 0 saturated heterocycles. The van der Waals surface area contributed by atoms with E-state index in [0.29, 0.717) is 31.2 Å². The highest BCUT2D eigenvalue weighted by atomic mass is 16.5. The Bertz CT molecular complexity index is 368.